The Kier molecular flexibility index (Phi) is 5.03. The number of aromatic amines is 1. The van der Waals surface area contributed by atoms with Gasteiger partial charge in [0.15, 0.2) is 0 Å². The average Bonchev–Trinajstić information content (AvgIpc) is 2.68. The van der Waals surface area contributed by atoms with Gasteiger partial charge in [-0.3, -0.25) is 19.7 Å². The molecule has 1 heterocycles. The second-order valence-corrected chi connectivity index (χ2v) is 5.63. The Morgan fingerprint density at radius 1 is 1.32 bits per heavy atom. The third kappa shape index (κ3) is 3.65. The molecule has 0 radical (unpaired) electrons. The number of hydrogen-bond donors (Lipinski definition) is 3. The van der Waals surface area contributed by atoms with E-state index in [0.29, 0.717) is 10.9 Å². The zero-order chi connectivity index (χ0) is 20.3. The van der Waals surface area contributed by atoms with Crippen LogP contribution in [0, 0.1) is 10.1 Å². The lowest BCUT2D eigenvalue weighted by molar-refractivity contribution is -0.385. The van der Waals surface area contributed by atoms with Gasteiger partial charge in [-0.15, -0.1) is 0 Å². The van der Waals surface area contributed by atoms with E-state index in [2.05, 4.69) is 15.5 Å². The third-order valence-electron chi connectivity index (χ3n) is 3.89. The number of benzene rings is 2. The summed E-state index contributed by atoms with van der Waals surface area (Å²) < 4.78 is 4.96. The van der Waals surface area contributed by atoms with Crippen LogP contribution in [-0.2, 0) is 0 Å². The number of aromatic nitrogens is 1. The highest BCUT2D eigenvalue weighted by Crippen LogP contribution is 2.33. The molecule has 0 aliphatic rings. The minimum absolute atomic E-state index is 0.0258. The predicted molar refractivity (Wildman–Crippen MR) is 101 cm³/mol. The molecule has 28 heavy (non-hydrogen) atoms. The number of nitro groups is 1. The van der Waals surface area contributed by atoms with Gasteiger partial charge in [-0.2, -0.15) is 5.10 Å². The topological polar surface area (TPSA) is 147 Å². The molecule has 0 aliphatic carbocycles. The lowest BCUT2D eigenvalue weighted by atomic mass is 10.1. The molecule has 1 aromatic heterocycles. The molecule has 0 saturated carbocycles. The first-order chi connectivity index (χ1) is 13.4. The van der Waals surface area contributed by atoms with Crippen LogP contribution in [0.1, 0.15) is 15.9 Å². The number of ether oxygens (including phenoxy) is 1. The van der Waals surface area contributed by atoms with Crippen LogP contribution >= 0.6 is 0 Å². The van der Waals surface area contributed by atoms with Gasteiger partial charge in [0.1, 0.15) is 5.75 Å². The molecule has 0 atom stereocenters. The molecule has 0 fully saturated rings. The molecule has 0 aliphatic heterocycles. The summed E-state index contributed by atoms with van der Waals surface area (Å²) in [6, 6.07) is 10.3. The number of methoxy groups -OCH3 is 1. The summed E-state index contributed by atoms with van der Waals surface area (Å²) in [5.74, 6) is -1.14. The molecule has 0 bridgehead atoms. The molecule has 0 spiro atoms. The van der Waals surface area contributed by atoms with Crippen molar-refractivity contribution in [2.24, 2.45) is 5.10 Å². The Morgan fingerprint density at radius 2 is 2.07 bits per heavy atom. The van der Waals surface area contributed by atoms with Crippen LogP contribution in [0.5, 0.6) is 11.5 Å². The monoisotopic (exact) mass is 382 g/mol. The number of amides is 1. The highest BCUT2D eigenvalue weighted by molar-refractivity contribution is 6.06. The number of nitrogens with zero attached hydrogens (tertiary/aromatic N) is 2. The van der Waals surface area contributed by atoms with E-state index >= 15 is 0 Å². The maximum atomic E-state index is 12.4. The Bertz CT molecular complexity index is 1170. The van der Waals surface area contributed by atoms with Crippen molar-refractivity contribution in [3.63, 3.8) is 0 Å². The highest BCUT2D eigenvalue weighted by atomic mass is 16.6. The molecule has 3 aromatic rings. The summed E-state index contributed by atoms with van der Waals surface area (Å²) in [6.07, 6.45) is 1.04. The van der Waals surface area contributed by atoms with E-state index in [1.54, 1.807) is 24.3 Å². The fourth-order valence-electron chi connectivity index (χ4n) is 2.58. The first-order valence-electron chi connectivity index (χ1n) is 7.91. The second-order valence-electron chi connectivity index (χ2n) is 5.63. The number of pyridine rings is 1. The lowest BCUT2D eigenvalue weighted by Gasteiger charge is -2.06. The van der Waals surface area contributed by atoms with Crippen LogP contribution in [0.2, 0.25) is 0 Å². The summed E-state index contributed by atoms with van der Waals surface area (Å²) in [6.45, 7) is 0. The van der Waals surface area contributed by atoms with Crippen molar-refractivity contribution in [2.45, 2.75) is 0 Å². The number of para-hydroxylation sites is 1. The summed E-state index contributed by atoms with van der Waals surface area (Å²) >= 11 is 0. The second kappa shape index (κ2) is 7.58. The Labute approximate surface area is 157 Å². The van der Waals surface area contributed by atoms with Crippen LogP contribution in [0.15, 0.2) is 52.4 Å². The van der Waals surface area contributed by atoms with Crippen LogP contribution in [0.4, 0.5) is 5.69 Å². The number of phenols is 1. The van der Waals surface area contributed by atoms with Crippen LogP contribution in [0.25, 0.3) is 10.9 Å². The van der Waals surface area contributed by atoms with Gasteiger partial charge in [0, 0.05) is 22.5 Å². The van der Waals surface area contributed by atoms with E-state index in [0.717, 1.165) is 18.3 Å². The predicted octanol–water partition coefficient (Wildman–Crippen LogP) is 1.91. The van der Waals surface area contributed by atoms with E-state index in [1.165, 1.54) is 13.2 Å². The van der Waals surface area contributed by atoms with Crippen molar-refractivity contribution >= 4 is 28.7 Å². The fourth-order valence-corrected chi connectivity index (χ4v) is 2.58. The normalized spacial score (nSPS) is 10.9. The number of hydrazone groups is 1. The standard InChI is InChI=1S/C18H14N4O6/c1-28-11-6-10(17(24)15(7-11)22(26)27)9-19-21-18(25)13-8-16(23)20-14-5-3-2-4-12(13)14/h2-9,24H,1H3,(H,20,23)(H,21,25). The molecule has 3 N–H and O–H groups in total. The maximum absolute atomic E-state index is 12.4. The number of carbonyl (C=O) groups is 1. The summed E-state index contributed by atoms with van der Waals surface area (Å²) in [5, 5.41) is 25.2. The van der Waals surface area contributed by atoms with Crippen molar-refractivity contribution < 1.29 is 19.6 Å². The van der Waals surface area contributed by atoms with E-state index in [-0.39, 0.29) is 16.9 Å². The smallest absolute Gasteiger partial charge is 0.315 e. The average molecular weight is 382 g/mol. The van der Waals surface area contributed by atoms with E-state index in [1.807, 2.05) is 0 Å². The van der Waals surface area contributed by atoms with Crippen LogP contribution in [0.3, 0.4) is 0 Å². The van der Waals surface area contributed by atoms with E-state index in [4.69, 9.17) is 4.74 Å². The van der Waals surface area contributed by atoms with Gasteiger partial charge in [0.05, 0.1) is 29.9 Å². The van der Waals surface area contributed by atoms with Crippen molar-refractivity contribution in [3.05, 3.63) is 74.1 Å². The summed E-state index contributed by atoms with van der Waals surface area (Å²) in [5.41, 5.74) is 1.80. The number of nitrogens with one attached hydrogen (secondary N) is 2. The van der Waals surface area contributed by atoms with Crippen molar-refractivity contribution in [3.8, 4) is 11.5 Å². The Hall–Kier alpha value is -4.21. The van der Waals surface area contributed by atoms with Crippen LogP contribution in [-0.4, -0.2) is 34.2 Å². The molecule has 2 aromatic carbocycles. The van der Waals surface area contributed by atoms with Gasteiger partial charge < -0.3 is 14.8 Å². The quantitative estimate of drug-likeness (QED) is 0.349. The first-order valence-corrected chi connectivity index (χ1v) is 7.91. The molecule has 10 heteroatoms. The number of carbonyl (C=O) groups excluding carboxylic acids is 1. The molecular formula is C18H14N4O6. The van der Waals surface area contributed by atoms with Gasteiger partial charge in [-0.1, -0.05) is 18.2 Å². The van der Waals surface area contributed by atoms with Gasteiger partial charge in [0.2, 0.25) is 11.3 Å². The van der Waals surface area contributed by atoms with Gasteiger partial charge in [0.25, 0.3) is 5.91 Å². The Morgan fingerprint density at radius 3 is 2.79 bits per heavy atom. The number of H-pyrrole nitrogens is 1. The number of aromatic hydroxyl groups is 1. The number of phenolic OH excluding ortho intramolecular Hbond substituents is 1. The van der Waals surface area contributed by atoms with Crippen molar-refractivity contribution in [1.82, 2.24) is 10.4 Å². The number of hydrogen-bond acceptors (Lipinski definition) is 7. The number of fused-ring (bicyclic) bond motifs is 1. The molecule has 0 saturated heterocycles. The largest absolute Gasteiger partial charge is 0.502 e. The van der Waals surface area contributed by atoms with E-state index in [9.17, 15) is 24.8 Å². The summed E-state index contributed by atoms with van der Waals surface area (Å²) in [4.78, 5) is 37.0. The maximum Gasteiger partial charge on any atom is 0.315 e. The SMILES string of the molecule is COc1cc(C=NNC(=O)c2cc(=O)[nH]c3ccccc23)c(O)c([N+](=O)[O-])c1. The zero-order valence-electron chi connectivity index (χ0n) is 14.5. The minimum atomic E-state index is -0.768. The molecule has 0 unspecified atom stereocenters. The van der Waals surface area contributed by atoms with Crippen molar-refractivity contribution in [1.29, 1.82) is 0 Å². The molecule has 3 rings (SSSR count). The third-order valence-corrected chi connectivity index (χ3v) is 3.89. The van der Waals surface area contributed by atoms with Crippen LogP contribution < -0.4 is 15.7 Å². The number of nitro benzene ring substituents is 1. The summed E-state index contributed by atoms with van der Waals surface area (Å²) in [7, 11) is 1.32. The molecule has 142 valence electrons. The molecule has 10 nitrogen and oxygen atoms in total. The minimum Gasteiger partial charge on any atom is -0.502 e. The number of rotatable bonds is 5. The highest BCUT2D eigenvalue weighted by Gasteiger charge is 2.19. The Balaban J connectivity index is 1.90. The fraction of sp³-hybridized carbons (Fsp3) is 0.0556. The van der Waals surface area contributed by atoms with Gasteiger partial charge >= 0.3 is 5.69 Å². The van der Waals surface area contributed by atoms with Crippen molar-refractivity contribution in [2.75, 3.05) is 7.11 Å². The molecular weight excluding hydrogens is 368 g/mol. The van der Waals surface area contributed by atoms with Gasteiger partial charge in [-0.25, -0.2) is 5.43 Å². The first kappa shape index (κ1) is 18.6. The zero-order valence-corrected chi connectivity index (χ0v) is 14.5. The lowest BCUT2D eigenvalue weighted by Crippen LogP contribution is -2.20. The van der Waals surface area contributed by atoms with Gasteiger partial charge in [-0.05, 0) is 12.1 Å². The van der Waals surface area contributed by atoms with E-state index < -0.39 is 27.8 Å². The molecule has 1 amide bonds.